The molecular formula is C17H30N2S. The van der Waals surface area contributed by atoms with Gasteiger partial charge in [0.05, 0.1) is 11.7 Å². The van der Waals surface area contributed by atoms with Gasteiger partial charge in [-0.25, -0.2) is 4.98 Å². The zero-order chi connectivity index (χ0) is 14.2. The Morgan fingerprint density at radius 2 is 1.95 bits per heavy atom. The van der Waals surface area contributed by atoms with Gasteiger partial charge in [-0.1, -0.05) is 46.0 Å². The van der Waals surface area contributed by atoms with Crippen LogP contribution in [0.1, 0.15) is 86.8 Å². The summed E-state index contributed by atoms with van der Waals surface area (Å²) in [5.41, 5.74) is 1.40. The van der Waals surface area contributed by atoms with E-state index in [1.807, 2.05) is 11.3 Å². The standard InChI is InChI=1S/C17H30N2S/c1-3-5-6-7-8-10-15(18-13-4-2)17-19-14-11-9-12-16(14)20-17/h15,18H,3-13H2,1-2H3. The van der Waals surface area contributed by atoms with Gasteiger partial charge in [-0.15, -0.1) is 11.3 Å². The number of fused-ring (bicyclic) bond motifs is 1. The molecule has 1 atom stereocenters. The Bertz CT molecular complexity index is 365. The van der Waals surface area contributed by atoms with Crippen LogP contribution in [0.15, 0.2) is 0 Å². The SMILES string of the molecule is CCCCCCCC(NCCC)c1nc2c(s1)CCC2. The third-order valence-corrected chi connectivity index (χ3v) is 5.42. The van der Waals surface area contributed by atoms with Gasteiger partial charge in [0, 0.05) is 4.88 Å². The van der Waals surface area contributed by atoms with Crippen LogP contribution in [0.5, 0.6) is 0 Å². The second kappa shape index (κ2) is 8.78. The number of thiazole rings is 1. The van der Waals surface area contributed by atoms with Crippen molar-refractivity contribution in [3.63, 3.8) is 0 Å². The number of rotatable bonds is 10. The minimum atomic E-state index is 0.507. The number of hydrogen-bond acceptors (Lipinski definition) is 3. The summed E-state index contributed by atoms with van der Waals surface area (Å²) in [5, 5.41) is 5.07. The molecule has 0 aromatic carbocycles. The lowest BCUT2D eigenvalue weighted by Crippen LogP contribution is -2.22. The first kappa shape index (κ1) is 16.0. The molecule has 1 heterocycles. The summed E-state index contributed by atoms with van der Waals surface area (Å²) < 4.78 is 0. The highest BCUT2D eigenvalue weighted by Gasteiger charge is 2.21. The van der Waals surface area contributed by atoms with Crippen molar-refractivity contribution in [1.29, 1.82) is 0 Å². The summed E-state index contributed by atoms with van der Waals surface area (Å²) in [6.07, 6.45) is 13.1. The van der Waals surface area contributed by atoms with Gasteiger partial charge in [0.2, 0.25) is 0 Å². The number of nitrogens with zero attached hydrogens (tertiary/aromatic N) is 1. The lowest BCUT2D eigenvalue weighted by molar-refractivity contribution is 0.466. The van der Waals surface area contributed by atoms with Crippen LogP contribution >= 0.6 is 11.3 Å². The summed E-state index contributed by atoms with van der Waals surface area (Å²) in [7, 11) is 0. The van der Waals surface area contributed by atoms with E-state index in [1.165, 1.54) is 74.9 Å². The molecule has 0 fully saturated rings. The van der Waals surface area contributed by atoms with Crippen LogP contribution in [0.3, 0.4) is 0 Å². The summed E-state index contributed by atoms with van der Waals surface area (Å²) in [4.78, 5) is 6.48. The van der Waals surface area contributed by atoms with E-state index in [2.05, 4.69) is 19.2 Å². The third-order valence-electron chi connectivity index (χ3n) is 4.15. The molecule has 0 saturated carbocycles. The fourth-order valence-electron chi connectivity index (χ4n) is 2.94. The van der Waals surface area contributed by atoms with Crippen molar-refractivity contribution in [3.8, 4) is 0 Å². The first-order valence-corrected chi connectivity index (χ1v) is 9.38. The van der Waals surface area contributed by atoms with Crippen LogP contribution in [0.4, 0.5) is 0 Å². The van der Waals surface area contributed by atoms with Gasteiger partial charge in [0.1, 0.15) is 5.01 Å². The van der Waals surface area contributed by atoms with Gasteiger partial charge >= 0.3 is 0 Å². The van der Waals surface area contributed by atoms with Gasteiger partial charge in [-0.05, 0) is 38.6 Å². The van der Waals surface area contributed by atoms with E-state index in [0.717, 1.165) is 6.54 Å². The van der Waals surface area contributed by atoms with Crippen molar-refractivity contribution in [2.75, 3.05) is 6.54 Å². The number of unbranched alkanes of at least 4 members (excludes halogenated alkanes) is 4. The van der Waals surface area contributed by atoms with Crippen LogP contribution in [0.2, 0.25) is 0 Å². The van der Waals surface area contributed by atoms with Gasteiger partial charge < -0.3 is 5.32 Å². The number of nitrogens with one attached hydrogen (secondary N) is 1. The lowest BCUT2D eigenvalue weighted by atomic mass is 10.1. The molecule has 1 aliphatic rings. The molecule has 20 heavy (non-hydrogen) atoms. The maximum absolute atomic E-state index is 4.92. The van der Waals surface area contributed by atoms with Crippen LogP contribution in [0.25, 0.3) is 0 Å². The van der Waals surface area contributed by atoms with Crippen molar-refractivity contribution >= 4 is 11.3 Å². The Balaban J connectivity index is 1.85. The Labute approximate surface area is 128 Å². The first-order chi connectivity index (χ1) is 9.85. The monoisotopic (exact) mass is 294 g/mol. The Morgan fingerprint density at radius 1 is 1.10 bits per heavy atom. The maximum atomic E-state index is 4.92. The topological polar surface area (TPSA) is 24.9 Å². The number of aromatic nitrogens is 1. The molecule has 1 aromatic rings. The van der Waals surface area contributed by atoms with Gasteiger partial charge in [0.15, 0.2) is 0 Å². The van der Waals surface area contributed by atoms with Crippen LogP contribution < -0.4 is 5.32 Å². The van der Waals surface area contributed by atoms with E-state index in [1.54, 1.807) is 4.88 Å². The smallest absolute Gasteiger partial charge is 0.110 e. The van der Waals surface area contributed by atoms with E-state index in [4.69, 9.17) is 4.98 Å². The minimum absolute atomic E-state index is 0.507. The summed E-state index contributed by atoms with van der Waals surface area (Å²) in [5.74, 6) is 0. The molecule has 2 rings (SSSR count). The highest BCUT2D eigenvalue weighted by molar-refractivity contribution is 7.11. The summed E-state index contributed by atoms with van der Waals surface area (Å²) >= 11 is 1.98. The summed E-state index contributed by atoms with van der Waals surface area (Å²) in [6.45, 7) is 5.64. The zero-order valence-corrected chi connectivity index (χ0v) is 14.0. The third kappa shape index (κ3) is 4.56. The largest absolute Gasteiger partial charge is 0.308 e. The summed E-state index contributed by atoms with van der Waals surface area (Å²) in [6, 6.07) is 0.507. The first-order valence-electron chi connectivity index (χ1n) is 8.57. The van der Waals surface area contributed by atoms with Crippen LogP contribution in [0, 0.1) is 0 Å². The normalized spacial score (nSPS) is 15.5. The number of aryl methyl sites for hydroxylation is 2. The molecule has 1 aromatic heterocycles. The number of hydrogen-bond donors (Lipinski definition) is 1. The molecule has 0 saturated heterocycles. The molecule has 0 bridgehead atoms. The quantitative estimate of drug-likeness (QED) is 0.612. The van der Waals surface area contributed by atoms with E-state index < -0.39 is 0 Å². The van der Waals surface area contributed by atoms with E-state index in [0.29, 0.717) is 6.04 Å². The highest BCUT2D eigenvalue weighted by Crippen LogP contribution is 2.32. The van der Waals surface area contributed by atoms with E-state index in [9.17, 15) is 0 Å². The molecule has 1 unspecified atom stereocenters. The average molecular weight is 295 g/mol. The predicted octanol–water partition coefficient (Wildman–Crippen LogP) is 5.03. The van der Waals surface area contributed by atoms with E-state index >= 15 is 0 Å². The molecular weight excluding hydrogens is 264 g/mol. The lowest BCUT2D eigenvalue weighted by Gasteiger charge is -2.16. The van der Waals surface area contributed by atoms with Gasteiger partial charge in [-0.3, -0.25) is 0 Å². The van der Waals surface area contributed by atoms with E-state index in [-0.39, 0.29) is 0 Å². The molecule has 1 N–H and O–H groups in total. The van der Waals surface area contributed by atoms with Crippen molar-refractivity contribution in [2.45, 2.75) is 84.1 Å². The van der Waals surface area contributed by atoms with Gasteiger partial charge in [-0.2, -0.15) is 0 Å². The average Bonchev–Trinajstić information content (AvgIpc) is 3.03. The van der Waals surface area contributed by atoms with Crippen molar-refractivity contribution in [2.24, 2.45) is 0 Å². The highest BCUT2D eigenvalue weighted by atomic mass is 32.1. The van der Waals surface area contributed by atoms with Crippen molar-refractivity contribution < 1.29 is 0 Å². The Morgan fingerprint density at radius 3 is 2.70 bits per heavy atom. The molecule has 3 heteroatoms. The molecule has 0 aliphatic heterocycles. The van der Waals surface area contributed by atoms with Crippen LogP contribution in [-0.4, -0.2) is 11.5 Å². The van der Waals surface area contributed by atoms with Crippen molar-refractivity contribution in [1.82, 2.24) is 10.3 Å². The molecule has 0 amide bonds. The fraction of sp³-hybridized carbons (Fsp3) is 0.824. The predicted molar refractivity (Wildman–Crippen MR) is 88.5 cm³/mol. The Kier molecular flexibility index (Phi) is 7.01. The molecule has 2 nitrogen and oxygen atoms in total. The van der Waals surface area contributed by atoms with Crippen LogP contribution in [-0.2, 0) is 12.8 Å². The zero-order valence-electron chi connectivity index (χ0n) is 13.2. The van der Waals surface area contributed by atoms with Crippen molar-refractivity contribution in [3.05, 3.63) is 15.6 Å². The Hall–Kier alpha value is -0.410. The second-order valence-corrected chi connectivity index (χ2v) is 7.10. The molecule has 0 spiro atoms. The molecule has 0 radical (unpaired) electrons. The fourth-order valence-corrected chi connectivity index (χ4v) is 4.21. The van der Waals surface area contributed by atoms with Gasteiger partial charge in [0.25, 0.3) is 0 Å². The molecule has 114 valence electrons. The maximum Gasteiger partial charge on any atom is 0.110 e. The minimum Gasteiger partial charge on any atom is -0.308 e. The second-order valence-electron chi connectivity index (χ2n) is 5.99. The molecule has 1 aliphatic carbocycles.